The Bertz CT molecular complexity index is 1360. The zero-order valence-corrected chi connectivity index (χ0v) is 19.8. The number of ketones is 1. The molecule has 2 aromatic carbocycles. The van der Waals surface area contributed by atoms with Gasteiger partial charge in [0, 0.05) is 18.7 Å². The number of Topliss-reactive ketones (excluding diaryl/α,β-unsaturated/α-hetero) is 1. The lowest BCUT2D eigenvalue weighted by atomic mass is 10.00. The highest BCUT2D eigenvalue weighted by Crippen LogP contribution is 2.28. The molecule has 0 saturated carbocycles. The predicted octanol–water partition coefficient (Wildman–Crippen LogP) is 5.48. The topological polar surface area (TPSA) is 78.9 Å². The van der Waals surface area contributed by atoms with Gasteiger partial charge in [-0.25, -0.2) is 13.8 Å². The minimum Gasteiger partial charge on any atom is -0.497 e. The summed E-state index contributed by atoms with van der Waals surface area (Å²) in [5, 5.41) is 0. The molecule has 6 nitrogen and oxygen atoms in total. The zero-order valence-electron chi connectivity index (χ0n) is 19.8. The first kappa shape index (κ1) is 24.3. The van der Waals surface area contributed by atoms with E-state index in [2.05, 4.69) is 4.98 Å². The van der Waals surface area contributed by atoms with E-state index in [-0.39, 0.29) is 30.4 Å². The molecule has 0 amide bonds. The highest BCUT2D eigenvalue weighted by Gasteiger charge is 2.21. The lowest BCUT2D eigenvalue weighted by molar-refractivity contribution is 0.0971. The van der Waals surface area contributed by atoms with Crippen molar-refractivity contribution in [1.29, 1.82) is 0 Å². The lowest BCUT2D eigenvalue weighted by Gasteiger charge is -2.13. The van der Waals surface area contributed by atoms with Crippen molar-refractivity contribution >= 4 is 11.4 Å². The molecule has 0 spiro atoms. The van der Waals surface area contributed by atoms with Gasteiger partial charge in [0.25, 0.3) is 0 Å². The predicted molar refractivity (Wildman–Crippen MR) is 129 cm³/mol. The van der Waals surface area contributed by atoms with Crippen LogP contribution in [0.3, 0.4) is 0 Å². The van der Waals surface area contributed by atoms with Crippen molar-refractivity contribution in [3.63, 3.8) is 0 Å². The van der Waals surface area contributed by atoms with Crippen molar-refractivity contribution < 1.29 is 23.0 Å². The Kier molecular flexibility index (Phi) is 7.12. The summed E-state index contributed by atoms with van der Waals surface area (Å²) in [5.41, 5.74) is 9.23. The van der Waals surface area contributed by atoms with Gasteiger partial charge in [-0.3, -0.25) is 9.20 Å². The Morgan fingerprint density at radius 3 is 2.54 bits per heavy atom. The second-order valence-electron chi connectivity index (χ2n) is 8.45. The number of methoxy groups -OCH3 is 1. The van der Waals surface area contributed by atoms with Crippen LogP contribution in [-0.4, -0.2) is 22.3 Å². The van der Waals surface area contributed by atoms with Crippen LogP contribution < -0.4 is 15.2 Å². The molecule has 182 valence electrons. The quantitative estimate of drug-likeness (QED) is 0.322. The molecule has 35 heavy (non-hydrogen) atoms. The fourth-order valence-electron chi connectivity index (χ4n) is 4.06. The van der Waals surface area contributed by atoms with Gasteiger partial charge in [0.05, 0.1) is 18.4 Å². The minimum atomic E-state index is -0.684. The Balaban J connectivity index is 1.56. The number of carbonyl (C=O) groups is 1. The number of pyridine rings is 1. The van der Waals surface area contributed by atoms with Crippen molar-refractivity contribution in [2.75, 3.05) is 7.11 Å². The van der Waals surface area contributed by atoms with Crippen LogP contribution in [0, 0.1) is 25.5 Å². The van der Waals surface area contributed by atoms with Crippen molar-refractivity contribution in [3.8, 4) is 11.5 Å². The summed E-state index contributed by atoms with van der Waals surface area (Å²) in [6, 6.07) is 12.5. The summed E-state index contributed by atoms with van der Waals surface area (Å²) in [4.78, 5) is 17.7. The van der Waals surface area contributed by atoms with Gasteiger partial charge < -0.3 is 15.2 Å². The van der Waals surface area contributed by atoms with E-state index in [0.717, 1.165) is 11.1 Å². The SMILES string of the molecule is COc1cccc(C(N)CCC(=O)c2c(C)nc3c(OCc4c(F)cccc4F)cc(C)cn23)c1. The first-order valence-corrected chi connectivity index (χ1v) is 11.3. The highest BCUT2D eigenvalue weighted by molar-refractivity contribution is 5.96. The first-order chi connectivity index (χ1) is 16.8. The molecule has 0 bridgehead atoms. The van der Waals surface area contributed by atoms with Crippen LogP contribution in [0.4, 0.5) is 8.78 Å². The largest absolute Gasteiger partial charge is 0.497 e. The summed E-state index contributed by atoms with van der Waals surface area (Å²) in [6.07, 6.45) is 2.46. The van der Waals surface area contributed by atoms with E-state index in [9.17, 15) is 13.6 Å². The summed E-state index contributed by atoms with van der Waals surface area (Å²) in [7, 11) is 1.59. The van der Waals surface area contributed by atoms with Crippen molar-refractivity contribution in [2.24, 2.45) is 5.73 Å². The van der Waals surface area contributed by atoms with Gasteiger partial charge in [-0.05, 0) is 61.7 Å². The molecule has 4 aromatic rings. The average Bonchev–Trinajstić information content (AvgIpc) is 3.17. The van der Waals surface area contributed by atoms with E-state index in [0.29, 0.717) is 35.0 Å². The third kappa shape index (κ3) is 5.17. The monoisotopic (exact) mass is 479 g/mol. The van der Waals surface area contributed by atoms with E-state index in [1.54, 1.807) is 30.7 Å². The third-order valence-electron chi connectivity index (χ3n) is 5.90. The number of nitrogens with zero attached hydrogens (tertiary/aromatic N) is 2. The van der Waals surface area contributed by atoms with Gasteiger partial charge in [-0.15, -0.1) is 0 Å². The van der Waals surface area contributed by atoms with Crippen LogP contribution in [0.5, 0.6) is 11.5 Å². The summed E-state index contributed by atoms with van der Waals surface area (Å²) in [6.45, 7) is 3.29. The number of ether oxygens (including phenoxy) is 2. The Labute approximate surface area is 202 Å². The standard InChI is InChI=1S/C27H27F2N3O3/c1-16-12-25(35-15-20-21(28)8-5-9-22(20)29)27-31-17(2)26(32(27)14-16)24(33)11-10-23(30)18-6-4-7-19(13-18)34-3/h4-9,12-14,23H,10-11,15,30H2,1-3H3. The number of nitrogens with two attached hydrogens (primary N) is 1. The highest BCUT2D eigenvalue weighted by atomic mass is 19.1. The maximum atomic E-state index is 14.0. The molecular weight excluding hydrogens is 452 g/mol. The van der Waals surface area contributed by atoms with Gasteiger partial charge in [0.1, 0.15) is 29.7 Å². The molecule has 1 atom stereocenters. The van der Waals surface area contributed by atoms with Gasteiger partial charge in [-0.2, -0.15) is 0 Å². The second-order valence-corrected chi connectivity index (χ2v) is 8.45. The van der Waals surface area contributed by atoms with E-state index >= 15 is 0 Å². The number of hydrogen-bond acceptors (Lipinski definition) is 5. The summed E-state index contributed by atoms with van der Waals surface area (Å²) >= 11 is 0. The summed E-state index contributed by atoms with van der Waals surface area (Å²) in [5.74, 6) is -0.430. The normalized spacial score (nSPS) is 12.1. The number of carbonyl (C=O) groups excluding carboxylic acids is 1. The number of benzene rings is 2. The number of fused-ring (bicyclic) bond motifs is 1. The first-order valence-electron chi connectivity index (χ1n) is 11.3. The maximum Gasteiger partial charge on any atom is 0.181 e. The molecule has 1 unspecified atom stereocenters. The van der Waals surface area contributed by atoms with Crippen LogP contribution >= 0.6 is 0 Å². The van der Waals surface area contributed by atoms with E-state index in [1.165, 1.54) is 18.2 Å². The fraction of sp³-hybridized carbons (Fsp3) is 0.259. The lowest BCUT2D eigenvalue weighted by Crippen LogP contribution is -2.14. The molecular formula is C27H27F2N3O3. The van der Waals surface area contributed by atoms with E-state index < -0.39 is 11.6 Å². The molecule has 2 aromatic heterocycles. The van der Waals surface area contributed by atoms with Gasteiger partial charge in [-0.1, -0.05) is 18.2 Å². The maximum absolute atomic E-state index is 14.0. The van der Waals surface area contributed by atoms with E-state index in [1.807, 2.05) is 31.2 Å². The number of aromatic nitrogens is 2. The minimum absolute atomic E-state index is 0.106. The number of hydrogen-bond donors (Lipinski definition) is 1. The molecule has 8 heteroatoms. The van der Waals surface area contributed by atoms with Crippen LogP contribution in [0.1, 0.15) is 51.8 Å². The smallest absolute Gasteiger partial charge is 0.181 e. The molecule has 0 radical (unpaired) electrons. The molecule has 2 heterocycles. The Morgan fingerprint density at radius 2 is 1.83 bits per heavy atom. The van der Waals surface area contributed by atoms with Gasteiger partial charge in [0.2, 0.25) is 0 Å². The van der Waals surface area contributed by atoms with Crippen LogP contribution in [-0.2, 0) is 6.61 Å². The molecule has 2 N–H and O–H groups in total. The number of halogens is 2. The number of rotatable bonds is 9. The number of imidazole rings is 1. The number of aryl methyl sites for hydroxylation is 2. The fourth-order valence-corrected chi connectivity index (χ4v) is 4.06. The third-order valence-corrected chi connectivity index (χ3v) is 5.90. The van der Waals surface area contributed by atoms with Crippen molar-refractivity contribution in [3.05, 3.63) is 94.4 Å². The van der Waals surface area contributed by atoms with Crippen LogP contribution in [0.2, 0.25) is 0 Å². The van der Waals surface area contributed by atoms with Gasteiger partial charge >= 0.3 is 0 Å². The molecule has 0 aliphatic heterocycles. The Morgan fingerprint density at radius 1 is 1.11 bits per heavy atom. The average molecular weight is 480 g/mol. The van der Waals surface area contributed by atoms with Gasteiger partial charge in [0.15, 0.2) is 17.2 Å². The zero-order chi connectivity index (χ0) is 25.1. The molecule has 0 fully saturated rings. The molecule has 4 rings (SSSR count). The van der Waals surface area contributed by atoms with Crippen LogP contribution in [0.25, 0.3) is 5.65 Å². The second kappa shape index (κ2) is 10.2. The van der Waals surface area contributed by atoms with E-state index in [4.69, 9.17) is 15.2 Å². The Hall–Kier alpha value is -3.78. The molecule has 0 saturated heterocycles. The molecule has 0 aliphatic rings. The van der Waals surface area contributed by atoms with Crippen molar-refractivity contribution in [2.45, 2.75) is 39.3 Å². The van der Waals surface area contributed by atoms with Crippen LogP contribution in [0.15, 0.2) is 54.7 Å². The van der Waals surface area contributed by atoms with Crippen molar-refractivity contribution in [1.82, 2.24) is 9.38 Å². The summed E-state index contributed by atoms with van der Waals surface area (Å²) < 4.78 is 40.8. The molecule has 0 aliphatic carbocycles.